The predicted octanol–water partition coefficient (Wildman–Crippen LogP) is 2.71. The van der Waals surface area contributed by atoms with E-state index in [4.69, 9.17) is 11.6 Å². The summed E-state index contributed by atoms with van der Waals surface area (Å²) in [5.41, 5.74) is 0. The number of halogens is 1. The molecule has 0 radical (unpaired) electrons. The Morgan fingerprint density at radius 3 is 2.77 bits per heavy atom. The Morgan fingerprint density at radius 2 is 2.23 bits per heavy atom. The number of hydrogen-bond acceptors (Lipinski definition) is 1. The van der Waals surface area contributed by atoms with Crippen LogP contribution < -0.4 is 0 Å². The molecule has 0 amide bonds. The zero-order chi connectivity index (χ0) is 9.84. The lowest BCUT2D eigenvalue weighted by molar-refractivity contribution is 0.530. The van der Waals surface area contributed by atoms with Crippen LogP contribution in [0.1, 0.15) is 26.6 Å². The molecule has 0 saturated heterocycles. The maximum absolute atomic E-state index is 6.00. The Balaban J connectivity index is 2.62. The Hall–Kier alpha value is -0.500. The molecule has 1 aromatic heterocycles. The lowest BCUT2D eigenvalue weighted by atomic mass is 10.0. The quantitative estimate of drug-likeness (QED) is 0.684. The van der Waals surface area contributed by atoms with E-state index in [9.17, 15) is 0 Å². The SMILES string of the molecule is CCn1ccnc1CC(C)C(C)Cl. The van der Waals surface area contributed by atoms with Crippen molar-refractivity contribution >= 4 is 11.6 Å². The van der Waals surface area contributed by atoms with Crippen LogP contribution >= 0.6 is 11.6 Å². The number of nitrogens with zero attached hydrogens (tertiary/aromatic N) is 2. The highest BCUT2D eigenvalue weighted by Crippen LogP contribution is 2.14. The fourth-order valence-electron chi connectivity index (χ4n) is 1.27. The van der Waals surface area contributed by atoms with Gasteiger partial charge in [0, 0.05) is 30.7 Å². The lowest BCUT2D eigenvalue weighted by Crippen LogP contribution is -2.13. The number of imidazole rings is 1. The van der Waals surface area contributed by atoms with Crippen LogP contribution in [0.5, 0.6) is 0 Å². The van der Waals surface area contributed by atoms with E-state index in [2.05, 4.69) is 23.4 Å². The van der Waals surface area contributed by atoms with Gasteiger partial charge in [0.25, 0.3) is 0 Å². The number of hydrogen-bond donors (Lipinski definition) is 0. The van der Waals surface area contributed by atoms with Gasteiger partial charge < -0.3 is 4.57 Å². The molecule has 0 aliphatic carbocycles. The van der Waals surface area contributed by atoms with E-state index in [0.717, 1.165) is 18.8 Å². The molecule has 1 heterocycles. The molecule has 0 aromatic carbocycles. The average molecular weight is 201 g/mol. The zero-order valence-electron chi connectivity index (χ0n) is 8.50. The van der Waals surface area contributed by atoms with E-state index in [-0.39, 0.29) is 5.38 Å². The van der Waals surface area contributed by atoms with Gasteiger partial charge in [0.2, 0.25) is 0 Å². The molecule has 0 N–H and O–H groups in total. The van der Waals surface area contributed by atoms with E-state index in [0.29, 0.717) is 5.92 Å². The number of rotatable bonds is 4. The Bertz CT molecular complexity index is 255. The van der Waals surface area contributed by atoms with Crippen LogP contribution in [0.15, 0.2) is 12.4 Å². The van der Waals surface area contributed by atoms with Crippen LogP contribution in [0.4, 0.5) is 0 Å². The maximum Gasteiger partial charge on any atom is 0.108 e. The van der Waals surface area contributed by atoms with Crippen LogP contribution in [0.25, 0.3) is 0 Å². The second kappa shape index (κ2) is 4.66. The van der Waals surface area contributed by atoms with Gasteiger partial charge in [-0.1, -0.05) is 6.92 Å². The molecule has 0 aliphatic heterocycles. The summed E-state index contributed by atoms with van der Waals surface area (Å²) in [6, 6.07) is 0. The summed E-state index contributed by atoms with van der Waals surface area (Å²) in [4.78, 5) is 4.31. The van der Waals surface area contributed by atoms with Crippen LogP contribution in [0, 0.1) is 5.92 Å². The number of aromatic nitrogens is 2. The Kier molecular flexibility index (Phi) is 3.79. The smallest absolute Gasteiger partial charge is 0.108 e. The van der Waals surface area contributed by atoms with Gasteiger partial charge in [0.05, 0.1) is 0 Å². The van der Waals surface area contributed by atoms with Crippen molar-refractivity contribution in [3.63, 3.8) is 0 Å². The van der Waals surface area contributed by atoms with Gasteiger partial charge in [0.1, 0.15) is 5.82 Å². The van der Waals surface area contributed by atoms with Crippen molar-refractivity contribution in [1.82, 2.24) is 9.55 Å². The minimum atomic E-state index is 0.210. The first kappa shape index (κ1) is 10.6. The van der Waals surface area contributed by atoms with Crippen molar-refractivity contribution in [2.45, 2.75) is 39.1 Å². The van der Waals surface area contributed by atoms with Crippen LogP contribution in [0.3, 0.4) is 0 Å². The standard InChI is InChI=1S/C10H17ClN2/c1-4-13-6-5-12-10(13)7-8(2)9(3)11/h5-6,8-9H,4,7H2,1-3H3. The molecule has 0 saturated carbocycles. The van der Waals surface area contributed by atoms with Crippen molar-refractivity contribution < 1.29 is 0 Å². The zero-order valence-corrected chi connectivity index (χ0v) is 9.25. The molecule has 0 fully saturated rings. The molecule has 0 bridgehead atoms. The van der Waals surface area contributed by atoms with Gasteiger partial charge in [-0.15, -0.1) is 11.6 Å². The Morgan fingerprint density at radius 1 is 1.54 bits per heavy atom. The molecule has 2 atom stereocenters. The summed E-state index contributed by atoms with van der Waals surface area (Å²) < 4.78 is 2.16. The summed E-state index contributed by atoms with van der Waals surface area (Å²) in [7, 11) is 0. The molecular formula is C10H17ClN2. The highest BCUT2D eigenvalue weighted by molar-refractivity contribution is 6.20. The van der Waals surface area contributed by atoms with E-state index < -0.39 is 0 Å². The number of aryl methyl sites for hydroxylation is 1. The maximum atomic E-state index is 6.00. The van der Waals surface area contributed by atoms with Gasteiger partial charge >= 0.3 is 0 Å². The minimum absolute atomic E-state index is 0.210. The van der Waals surface area contributed by atoms with Gasteiger partial charge in [0.15, 0.2) is 0 Å². The normalized spacial score (nSPS) is 15.7. The molecule has 13 heavy (non-hydrogen) atoms. The third-order valence-corrected chi connectivity index (χ3v) is 2.86. The molecule has 3 heteroatoms. The number of alkyl halides is 1. The molecular weight excluding hydrogens is 184 g/mol. The predicted molar refractivity (Wildman–Crippen MR) is 56.1 cm³/mol. The average Bonchev–Trinajstić information content (AvgIpc) is 2.51. The van der Waals surface area contributed by atoms with Crippen molar-refractivity contribution in [2.24, 2.45) is 5.92 Å². The van der Waals surface area contributed by atoms with Gasteiger partial charge in [-0.2, -0.15) is 0 Å². The van der Waals surface area contributed by atoms with Crippen molar-refractivity contribution in [2.75, 3.05) is 0 Å². The van der Waals surface area contributed by atoms with Crippen molar-refractivity contribution in [3.05, 3.63) is 18.2 Å². The summed E-state index contributed by atoms with van der Waals surface area (Å²) >= 11 is 6.00. The van der Waals surface area contributed by atoms with Gasteiger partial charge in [-0.3, -0.25) is 0 Å². The topological polar surface area (TPSA) is 17.8 Å². The van der Waals surface area contributed by atoms with Gasteiger partial charge in [-0.25, -0.2) is 4.98 Å². The van der Waals surface area contributed by atoms with Crippen LogP contribution in [-0.2, 0) is 13.0 Å². The lowest BCUT2D eigenvalue weighted by Gasteiger charge is -2.13. The second-order valence-electron chi connectivity index (χ2n) is 3.49. The summed E-state index contributed by atoms with van der Waals surface area (Å²) in [5, 5.41) is 0.210. The third kappa shape index (κ3) is 2.73. The second-order valence-corrected chi connectivity index (χ2v) is 4.18. The van der Waals surface area contributed by atoms with E-state index in [1.54, 1.807) is 0 Å². The summed E-state index contributed by atoms with van der Waals surface area (Å²) in [5.74, 6) is 1.62. The van der Waals surface area contributed by atoms with Crippen molar-refractivity contribution in [3.8, 4) is 0 Å². The highest BCUT2D eigenvalue weighted by atomic mass is 35.5. The highest BCUT2D eigenvalue weighted by Gasteiger charge is 2.12. The first-order chi connectivity index (χ1) is 6.15. The van der Waals surface area contributed by atoms with E-state index in [1.165, 1.54) is 0 Å². The fraction of sp³-hybridized carbons (Fsp3) is 0.700. The van der Waals surface area contributed by atoms with Crippen LogP contribution in [0.2, 0.25) is 0 Å². The molecule has 1 aromatic rings. The van der Waals surface area contributed by atoms with E-state index in [1.807, 2.05) is 19.3 Å². The van der Waals surface area contributed by atoms with Crippen molar-refractivity contribution in [1.29, 1.82) is 0 Å². The molecule has 74 valence electrons. The summed E-state index contributed by atoms with van der Waals surface area (Å²) in [6.07, 6.45) is 4.83. The first-order valence-electron chi connectivity index (χ1n) is 4.79. The largest absolute Gasteiger partial charge is 0.335 e. The molecule has 1 rings (SSSR count). The van der Waals surface area contributed by atoms with E-state index >= 15 is 0 Å². The molecule has 0 spiro atoms. The monoisotopic (exact) mass is 200 g/mol. The van der Waals surface area contributed by atoms with Gasteiger partial charge in [-0.05, 0) is 19.8 Å². The molecule has 0 aliphatic rings. The molecule has 2 nitrogen and oxygen atoms in total. The fourth-order valence-corrected chi connectivity index (χ4v) is 1.36. The molecule has 2 unspecified atom stereocenters. The minimum Gasteiger partial charge on any atom is -0.335 e. The third-order valence-electron chi connectivity index (χ3n) is 2.43. The first-order valence-corrected chi connectivity index (χ1v) is 5.22. The van der Waals surface area contributed by atoms with Crippen LogP contribution in [-0.4, -0.2) is 14.9 Å². The Labute approximate surface area is 84.9 Å². The summed E-state index contributed by atoms with van der Waals surface area (Å²) in [6.45, 7) is 7.30.